The predicted octanol–water partition coefficient (Wildman–Crippen LogP) is 4.76. The van der Waals surface area contributed by atoms with Crippen molar-refractivity contribution in [1.82, 2.24) is 4.98 Å². The lowest BCUT2D eigenvalue weighted by molar-refractivity contribution is 0.649. The molecule has 1 aromatic heterocycles. The number of hydrogen-bond acceptors (Lipinski definition) is 1. The Hall–Kier alpha value is -2.15. The van der Waals surface area contributed by atoms with Crippen LogP contribution in [0.5, 0.6) is 0 Å². The first-order valence-electron chi connectivity index (χ1n) is 7.66. The summed E-state index contributed by atoms with van der Waals surface area (Å²) in [6.07, 6.45) is 2.35. The van der Waals surface area contributed by atoms with E-state index in [0.717, 1.165) is 11.9 Å². The number of hydrogen-bond donors (Lipinski definition) is 0. The largest absolute Gasteiger partial charge is 0.253 e. The second-order valence-electron chi connectivity index (χ2n) is 6.38. The molecule has 1 nitrogen and oxygen atoms in total. The summed E-state index contributed by atoms with van der Waals surface area (Å²) in [5.41, 5.74) is 4.14. The molecule has 2 aromatic carbocycles. The van der Waals surface area contributed by atoms with Crippen molar-refractivity contribution in [3.05, 3.63) is 78.0 Å². The molecule has 1 saturated carbocycles. The maximum Gasteiger partial charge on any atom is 0.0705 e. The first kappa shape index (κ1) is 12.6. The molecule has 21 heavy (non-hydrogen) atoms. The van der Waals surface area contributed by atoms with Gasteiger partial charge in [0.25, 0.3) is 0 Å². The number of fused-ring (bicyclic) bond motifs is 1. The SMILES string of the molecule is C[C@@]1(c2ccccc2)C[C@H]1Cc1ccc2ccccc2n1. The molecule has 0 bridgehead atoms. The van der Waals surface area contributed by atoms with Gasteiger partial charge in [0.15, 0.2) is 0 Å². The highest BCUT2D eigenvalue weighted by Crippen LogP contribution is 2.55. The monoisotopic (exact) mass is 273 g/mol. The molecule has 104 valence electrons. The molecule has 0 aliphatic heterocycles. The lowest BCUT2D eigenvalue weighted by Gasteiger charge is -2.11. The fraction of sp³-hybridized carbons (Fsp3) is 0.250. The summed E-state index contributed by atoms with van der Waals surface area (Å²) in [7, 11) is 0. The molecule has 3 aromatic rings. The van der Waals surface area contributed by atoms with Gasteiger partial charge in [0.05, 0.1) is 5.52 Å². The number of nitrogens with zero attached hydrogens (tertiary/aromatic N) is 1. The fourth-order valence-corrected chi connectivity index (χ4v) is 3.40. The Morgan fingerprint density at radius 2 is 1.71 bits per heavy atom. The zero-order valence-corrected chi connectivity index (χ0v) is 12.3. The number of pyridine rings is 1. The van der Waals surface area contributed by atoms with Crippen molar-refractivity contribution in [2.24, 2.45) is 5.92 Å². The molecule has 1 fully saturated rings. The van der Waals surface area contributed by atoms with Crippen LogP contribution in [0.25, 0.3) is 10.9 Å². The van der Waals surface area contributed by atoms with Crippen LogP contribution >= 0.6 is 0 Å². The topological polar surface area (TPSA) is 12.9 Å². The van der Waals surface area contributed by atoms with Crippen molar-refractivity contribution < 1.29 is 0 Å². The second-order valence-corrected chi connectivity index (χ2v) is 6.38. The molecule has 1 aliphatic rings. The Morgan fingerprint density at radius 3 is 2.57 bits per heavy atom. The first-order valence-corrected chi connectivity index (χ1v) is 7.66. The normalized spacial score (nSPS) is 24.1. The minimum absolute atomic E-state index is 0.342. The van der Waals surface area contributed by atoms with Crippen molar-refractivity contribution in [2.45, 2.75) is 25.2 Å². The maximum atomic E-state index is 4.81. The summed E-state index contributed by atoms with van der Waals surface area (Å²) >= 11 is 0. The summed E-state index contributed by atoms with van der Waals surface area (Å²) < 4.78 is 0. The highest BCUT2D eigenvalue weighted by Gasteiger charge is 2.50. The summed E-state index contributed by atoms with van der Waals surface area (Å²) in [4.78, 5) is 4.81. The van der Waals surface area contributed by atoms with Gasteiger partial charge in [-0.25, -0.2) is 0 Å². The van der Waals surface area contributed by atoms with Crippen molar-refractivity contribution in [1.29, 1.82) is 0 Å². The molecule has 4 rings (SSSR count). The lowest BCUT2D eigenvalue weighted by Crippen LogP contribution is -2.06. The van der Waals surface area contributed by atoms with Crippen LogP contribution in [0.2, 0.25) is 0 Å². The van der Waals surface area contributed by atoms with Gasteiger partial charge < -0.3 is 0 Å². The summed E-state index contributed by atoms with van der Waals surface area (Å²) in [5.74, 6) is 0.716. The molecule has 1 heterocycles. The Labute approximate surface area is 125 Å². The molecule has 1 aliphatic carbocycles. The Balaban J connectivity index is 1.57. The smallest absolute Gasteiger partial charge is 0.0705 e. The average molecular weight is 273 g/mol. The van der Waals surface area contributed by atoms with Crippen LogP contribution in [0, 0.1) is 5.92 Å². The third kappa shape index (κ3) is 2.23. The maximum absolute atomic E-state index is 4.81. The molecule has 0 unspecified atom stereocenters. The van der Waals surface area contributed by atoms with Gasteiger partial charge in [0.2, 0.25) is 0 Å². The van der Waals surface area contributed by atoms with Gasteiger partial charge >= 0.3 is 0 Å². The van der Waals surface area contributed by atoms with Gasteiger partial charge in [-0.05, 0) is 41.9 Å². The Kier molecular flexibility index (Phi) is 2.81. The van der Waals surface area contributed by atoms with Crippen molar-refractivity contribution in [3.8, 4) is 0 Å². The highest BCUT2D eigenvalue weighted by atomic mass is 14.7. The van der Waals surface area contributed by atoms with Crippen molar-refractivity contribution in [3.63, 3.8) is 0 Å². The summed E-state index contributed by atoms with van der Waals surface area (Å²) in [6.45, 7) is 2.38. The van der Waals surface area contributed by atoms with E-state index < -0.39 is 0 Å². The van der Waals surface area contributed by atoms with E-state index >= 15 is 0 Å². The molecular formula is C20H19N. The van der Waals surface area contributed by atoms with E-state index in [-0.39, 0.29) is 0 Å². The van der Waals surface area contributed by atoms with Crippen LogP contribution < -0.4 is 0 Å². The van der Waals surface area contributed by atoms with Gasteiger partial charge in [-0.3, -0.25) is 4.98 Å². The third-order valence-electron chi connectivity index (χ3n) is 4.96. The molecule has 1 heteroatoms. The van der Waals surface area contributed by atoms with Crippen LogP contribution in [0.15, 0.2) is 66.7 Å². The molecule has 0 N–H and O–H groups in total. The zero-order valence-electron chi connectivity index (χ0n) is 12.3. The molecule has 0 radical (unpaired) electrons. The van der Waals surface area contributed by atoms with Crippen LogP contribution in [0.3, 0.4) is 0 Å². The Bertz CT molecular complexity index is 778. The van der Waals surface area contributed by atoms with Crippen LogP contribution in [-0.2, 0) is 11.8 Å². The molecular weight excluding hydrogens is 254 g/mol. The zero-order chi connectivity index (χ0) is 14.3. The van der Waals surface area contributed by atoms with E-state index in [1.807, 2.05) is 0 Å². The van der Waals surface area contributed by atoms with Gasteiger partial charge in [-0.15, -0.1) is 0 Å². The highest BCUT2D eigenvalue weighted by molar-refractivity contribution is 5.78. The number of aromatic nitrogens is 1. The minimum atomic E-state index is 0.342. The van der Waals surface area contributed by atoms with E-state index in [9.17, 15) is 0 Å². The van der Waals surface area contributed by atoms with Crippen LogP contribution in [0.4, 0.5) is 0 Å². The summed E-state index contributed by atoms with van der Waals surface area (Å²) in [6, 6.07) is 23.6. The predicted molar refractivity (Wildman–Crippen MR) is 87.3 cm³/mol. The van der Waals surface area contributed by atoms with Gasteiger partial charge in [0.1, 0.15) is 0 Å². The number of para-hydroxylation sites is 1. The minimum Gasteiger partial charge on any atom is -0.253 e. The molecule has 2 atom stereocenters. The second kappa shape index (κ2) is 4.70. The average Bonchev–Trinajstić information content (AvgIpc) is 3.19. The lowest BCUT2D eigenvalue weighted by atomic mass is 9.94. The van der Waals surface area contributed by atoms with Crippen LogP contribution in [0.1, 0.15) is 24.6 Å². The van der Waals surface area contributed by atoms with E-state index in [1.54, 1.807) is 0 Å². The van der Waals surface area contributed by atoms with Crippen molar-refractivity contribution in [2.75, 3.05) is 0 Å². The van der Waals surface area contributed by atoms with E-state index in [4.69, 9.17) is 4.98 Å². The first-order chi connectivity index (χ1) is 10.3. The van der Waals surface area contributed by atoms with Gasteiger partial charge in [-0.2, -0.15) is 0 Å². The van der Waals surface area contributed by atoms with Crippen molar-refractivity contribution >= 4 is 10.9 Å². The third-order valence-corrected chi connectivity index (χ3v) is 4.96. The molecule has 0 spiro atoms. The van der Waals surface area contributed by atoms with E-state index in [2.05, 4.69) is 73.7 Å². The Morgan fingerprint density at radius 1 is 0.952 bits per heavy atom. The number of rotatable bonds is 3. The molecule has 0 saturated heterocycles. The standard InChI is InChI=1S/C20H19N/c1-20(16-8-3-2-4-9-16)14-17(20)13-18-12-11-15-7-5-6-10-19(15)21-18/h2-12,17H,13-14H2,1H3/t17-,20+/m1/s1. The van der Waals surface area contributed by atoms with E-state index in [1.165, 1.54) is 23.1 Å². The quantitative estimate of drug-likeness (QED) is 0.670. The van der Waals surface area contributed by atoms with Crippen LogP contribution in [-0.4, -0.2) is 4.98 Å². The fourth-order valence-electron chi connectivity index (χ4n) is 3.40. The summed E-state index contributed by atoms with van der Waals surface area (Å²) in [5, 5.41) is 1.22. The van der Waals surface area contributed by atoms with Gasteiger partial charge in [0, 0.05) is 11.1 Å². The van der Waals surface area contributed by atoms with E-state index in [0.29, 0.717) is 11.3 Å². The van der Waals surface area contributed by atoms with Gasteiger partial charge in [-0.1, -0.05) is 61.5 Å². The number of benzene rings is 2. The molecule has 0 amide bonds.